The van der Waals surface area contributed by atoms with E-state index >= 15 is 0 Å². The minimum absolute atomic E-state index is 0.390. The number of hydrogen-bond donors (Lipinski definition) is 3. The van der Waals surface area contributed by atoms with E-state index in [2.05, 4.69) is 47.4 Å². The van der Waals surface area contributed by atoms with Gasteiger partial charge < -0.3 is 10.1 Å². The average molecular weight is 319 g/mol. The lowest BCUT2D eigenvalue weighted by molar-refractivity contribution is 0.304. The first kappa shape index (κ1) is 18.2. The van der Waals surface area contributed by atoms with Gasteiger partial charge >= 0.3 is 0 Å². The molecular formula is C19H33N3O. The number of rotatable bonds is 11. The Kier molecular flexibility index (Phi) is 8.43. The summed E-state index contributed by atoms with van der Waals surface area (Å²) < 4.78 is 5.84. The average Bonchev–Trinajstić information content (AvgIpc) is 3.04. The predicted octanol–water partition coefficient (Wildman–Crippen LogP) is 3.55. The van der Waals surface area contributed by atoms with Crippen molar-refractivity contribution in [3.05, 3.63) is 29.8 Å². The van der Waals surface area contributed by atoms with E-state index in [-0.39, 0.29) is 0 Å². The van der Waals surface area contributed by atoms with E-state index < -0.39 is 0 Å². The first-order chi connectivity index (χ1) is 11.3. The number of likely N-dealkylation sites (N-methyl/N-ethyl adjacent to an activating group) is 1. The molecule has 130 valence electrons. The van der Waals surface area contributed by atoms with Crippen LogP contribution < -0.4 is 20.9 Å². The molecule has 1 aliphatic rings. The molecule has 0 spiro atoms. The molecule has 3 N–H and O–H groups in total. The van der Waals surface area contributed by atoms with E-state index in [4.69, 9.17) is 4.74 Å². The maximum Gasteiger partial charge on any atom is 0.119 e. The molecule has 2 unspecified atom stereocenters. The van der Waals surface area contributed by atoms with Gasteiger partial charge in [0.25, 0.3) is 0 Å². The fraction of sp³-hybridized carbons (Fsp3) is 0.684. The summed E-state index contributed by atoms with van der Waals surface area (Å²) in [4.78, 5) is 0. The maximum atomic E-state index is 5.84. The lowest BCUT2D eigenvalue weighted by Crippen LogP contribution is -2.36. The van der Waals surface area contributed by atoms with Gasteiger partial charge in [0, 0.05) is 18.6 Å². The second-order valence-corrected chi connectivity index (χ2v) is 6.52. The molecule has 0 amide bonds. The summed E-state index contributed by atoms with van der Waals surface area (Å²) in [6.07, 6.45) is 8.92. The Hall–Kier alpha value is -1.10. The third-order valence-electron chi connectivity index (χ3n) is 4.48. The van der Waals surface area contributed by atoms with Crippen LogP contribution in [0.15, 0.2) is 24.3 Å². The monoisotopic (exact) mass is 319 g/mol. The number of ether oxygens (including phenoxy) is 1. The van der Waals surface area contributed by atoms with Crippen molar-refractivity contribution >= 4 is 0 Å². The van der Waals surface area contributed by atoms with Crippen molar-refractivity contribution in [3.8, 4) is 5.75 Å². The Morgan fingerprint density at radius 1 is 1.04 bits per heavy atom. The summed E-state index contributed by atoms with van der Waals surface area (Å²) in [5, 5.41) is 3.21. The summed E-state index contributed by atoms with van der Waals surface area (Å²) in [6, 6.07) is 9.43. The zero-order valence-electron chi connectivity index (χ0n) is 14.7. The first-order valence-electron chi connectivity index (χ1n) is 9.22. The molecule has 0 saturated carbocycles. The van der Waals surface area contributed by atoms with Crippen LogP contribution in [-0.2, 0) is 0 Å². The third-order valence-corrected chi connectivity index (χ3v) is 4.48. The topological polar surface area (TPSA) is 45.3 Å². The predicted molar refractivity (Wildman–Crippen MR) is 96.7 cm³/mol. The zero-order valence-corrected chi connectivity index (χ0v) is 14.7. The van der Waals surface area contributed by atoms with Crippen LogP contribution in [0.25, 0.3) is 0 Å². The van der Waals surface area contributed by atoms with Crippen LogP contribution >= 0.6 is 0 Å². The van der Waals surface area contributed by atoms with Gasteiger partial charge in [0.15, 0.2) is 0 Å². The Labute approximate surface area is 141 Å². The molecular weight excluding hydrogens is 286 g/mol. The lowest BCUT2D eigenvalue weighted by Gasteiger charge is -2.11. The summed E-state index contributed by atoms with van der Waals surface area (Å²) >= 11 is 0. The van der Waals surface area contributed by atoms with Crippen molar-refractivity contribution in [2.75, 3.05) is 20.2 Å². The standard InChI is InChI=1S/C19H33N3O/c1-3-4-5-6-7-8-13-23-18-11-9-16(10-12-18)19-14-17(15-20-2)21-22-19/h9-12,17,19-22H,3-8,13-15H2,1-2H3. The van der Waals surface area contributed by atoms with Crippen molar-refractivity contribution in [1.29, 1.82) is 0 Å². The zero-order chi connectivity index (χ0) is 16.3. The smallest absolute Gasteiger partial charge is 0.119 e. The quantitative estimate of drug-likeness (QED) is 0.546. The lowest BCUT2D eigenvalue weighted by atomic mass is 10.0. The van der Waals surface area contributed by atoms with Gasteiger partial charge in [-0.2, -0.15) is 0 Å². The molecule has 1 aromatic rings. The van der Waals surface area contributed by atoms with Crippen LogP contribution in [0.3, 0.4) is 0 Å². The van der Waals surface area contributed by atoms with Gasteiger partial charge in [-0.3, -0.25) is 5.43 Å². The van der Waals surface area contributed by atoms with Crippen LogP contribution in [0.1, 0.15) is 63.5 Å². The van der Waals surface area contributed by atoms with E-state index in [0.717, 1.165) is 31.7 Å². The van der Waals surface area contributed by atoms with E-state index in [1.54, 1.807) is 0 Å². The van der Waals surface area contributed by atoms with Crippen molar-refractivity contribution < 1.29 is 4.74 Å². The molecule has 1 aromatic carbocycles. The molecule has 1 saturated heterocycles. The highest BCUT2D eigenvalue weighted by molar-refractivity contribution is 5.29. The number of nitrogens with one attached hydrogen (secondary N) is 3. The highest BCUT2D eigenvalue weighted by Gasteiger charge is 2.24. The molecule has 0 radical (unpaired) electrons. The van der Waals surface area contributed by atoms with Crippen molar-refractivity contribution in [2.24, 2.45) is 0 Å². The van der Waals surface area contributed by atoms with E-state index in [1.807, 2.05) is 7.05 Å². The molecule has 4 heteroatoms. The van der Waals surface area contributed by atoms with Crippen molar-refractivity contribution in [3.63, 3.8) is 0 Å². The van der Waals surface area contributed by atoms with Gasteiger partial charge in [-0.1, -0.05) is 51.2 Å². The van der Waals surface area contributed by atoms with Crippen LogP contribution in [0.5, 0.6) is 5.75 Å². The summed E-state index contributed by atoms with van der Waals surface area (Å²) in [5.41, 5.74) is 8.04. The summed E-state index contributed by atoms with van der Waals surface area (Å²) in [7, 11) is 1.99. The number of unbranched alkanes of at least 4 members (excludes halogenated alkanes) is 5. The SMILES string of the molecule is CCCCCCCCOc1ccc(C2CC(CNC)NN2)cc1. The van der Waals surface area contributed by atoms with E-state index in [1.165, 1.54) is 37.7 Å². The van der Waals surface area contributed by atoms with Crippen LogP contribution in [-0.4, -0.2) is 26.2 Å². The van der Waals surface area contributed by atoms with E-state index in [9.17, 15) is 0 Å². The van der Waals surface area contributed by atoms with Gasteiger partial charge in [-0.05, 0) is 37.6 Å². The summed E-state index contributed by atoms with van der Waals surface area (Å²) in [5.74, 6) is 0.986. The van der Waals surface area contributed by atoms with Gasteiger partial charge in [-0.15, -0.1) is 0 Å². The highest BCUT2D eigenvalue weighted by Crippen LogP contribution is 2.24. The van der Waals surface area contributed by atoms with Gasteiger partial charge in [0.2, 0.25) is 0 Å². The molecule has 2 atom stereocenters. The second-order valence-electron chi connectivity index (χ2n) is 6.52. The van der Waals surface area contributed by atoms with Gasteiger partial charge in [0.1, 0.15) is 5.75 Å². The van der Waals surface area contributed by atoms with E-state index in [0.29, 0.717) is 12.1 Å². The minimum Gasteiger partial charge on any atom is -0.494 e. The molecule has 1 heterocycles. The molecule has 1 aliphatic heterocycles. The molecule has 0 aliphatic carbocycles. The molecule has 0 bridgehead atoms. The number of hydrogen-bond acceptors (Lipinski definition) is 4. The Bertz CT molecular complexity index is 421. The van der Waals surface area contributed by atoms with Crippen LogP contribution in [0.4, 0.5) is 0 Å². The van der Waals surface area contributed by atoms with Gasteiger partial charge in [-0.25, -0.2) is 5.43 Å². The highest BCUT2D eigenvalue weighted by atomic mass is 16.5. The number of hydrazine groups is 1. The third kappa shape index (κ3) is 6.50. The first-order valence-corrected chi connectivity index (χ1v) is 9.22. The van der Waals surface area contributed by atoms with Gasteiger partial charge in [0.05, 0.1) is 6.61 Å². The Balaban J connectivity index is 1.65. The Morgan fingerprint density at radius 3 is 2.52 bits per heavy atom. The molecule has 2 rings (SSSR count). The molecule has 23 heavy (non-hydrogen) atoms. The normalized spacial score (nSPS) is 20.8. The molecule has 1 fully saturated rings. The van der Waals surface area contributed by atoms with Crippen molar-refractivity contribution in [1.82, 2.24) is 16.2 Å². The maximum absolute atomic E-state index is 5.84. The molecule has 0 aromatic heterocycles. The van der Waals surface area contributed by atoms with Crippen LogP contribution in [0.2, 0.25) is 0 Å². The minimum atomic E-state index is 0.390. The molecule has 4 nitrogen and oxygen atoms in total. The summed E-state index contributed by atoms with van der Waals surface area (Å²) in [6.45, 7) is 4.08. The van der Waals surface area contributed by atoms with Crippen molar-refractivity contribution in [2.45, 2.75) is 64.0 Å². The van der Waals surface area contributed by atoms with Crippen LogP contribution in [0, 0.1) is 0 Å². The fourth-order valence-electron chi connectivity index (χ4n) is 3.09. The number of benzene rings is 1. The fourth-order valence-corrected chi connectivity index (χ4v) is 3.09. The largest absolute Gasteiger partial charge is 0.494 e. The second kappa shape index (κ2) is 10.6. The Morgan fingerprint density at radius 2 is 1.78 bits per heavy atom.